The first kappa shape index (κ1) is 25.1. The second-order valence-electron chi connectivity index (χ2n) is 6.19. The molecule has 1 amide bonds. The van der Waals surface area contributed by atoms with Crippen LogP contribution in [0.15, 0.2) is 42.5 Å². The van der Waals surface area contributed by atoms with Crippen molar-refractivity contribution in [2.75, 3.05) is 4.90 Å². The van der Waals surface area contributed by atoms with Crippen LogP contribution in [0, 0.1) is 6.92 Å². The van der Waals surface area contributed by atoms with E-state index in [-0.39, 0.29) is 5.91 Å². The maximum absolute atomic E-state index is 12.3. The van der Waals surface area contributed by atoms with Crippen LogP contribution in [0.5, 0.6) is 0 Å². The summed E-state index contributed by atoms with van der Waals surface area (Å²) in [5.41, 5.74) is 6.95. The van der Waals surface area contributed by atoms with Crippen molar-refractivity contribution in [3.05, 3.63) is 53.6 Å². The Morgan fingerprint density at radius 1 is 0.933 bits per heavy atom. The molecule has 0 fully saturated rings. The van der Waals surface area contributed by atoms with E-state index in [9.17, 15) is 4.79 Å². The molecular formula is C25H36N4O. The van der Waals surface area contributed by atoms with Crippen molar-refractivity contribution in [1.82, 2.24) is 15.0 Å². The Balaban J connectivity index is 0.000000691. The van der Waals surface area contributed by atoms with Crippen LogP contribution < -0.4 is 4.90 Å². The summed E-state index contributed by atoms with van der Waals surface area (Å²) in [5.74, 6) is 0.0160. The van der Waals surface area contributed by atoms with Gasteiger partial charge < -0.3 is 4.90 Å². The molecule has 0 bridgehead atoms. The predicted molar refractivity (Wildman–Crippen MR) is 128 cm³/mol. The fourth-order valence-electron chi connectivity index (χ4n) is 3.37. The highest BCUT2D eigenvalue weighted by Gasteiger charge is 2.27. The summed E-state index contributed by atoms with van der Waals surface area (Å²) in [4.78, 5) is 14.1. The van der Waals surface area contributed by atoms with Crippen molar-refractivity contribution in [2.45, 2.75) is 61.9 Å². The lowest BCUT2D eigenvalue weighted by Gasteiger charge is -2.27. The number of anilines is 1. The number of aryl methyl sites for hydroxylation is 2. The lowest BCUT2D eigenvalue weighted by atomic mass is 9.94. The maximum Gasteiger partial charge on any atom is 0.224 e. The number of aromatic nitrogens is 3. The zero-order chi connectivity index (χ0) is 22.8. The number of carbonyl (C=O) groups excluding carboxylic acids is 1. The first-order valence-corrected chi connectivity index (χ1v) is 10.9. The molecule has 0 saturated heterocycles. The van der Waals surface area contributed by atoms with Gasteiger partial charge in [0.05, 0.1) is 17.9 Å². The summed E-state index contributed by atoms with van der Waals surface area (Å²) in [5, 5.41) is 8.62. The first-order chi connectivity index (χ1) is 14.6. The average molecular weight is 409 g/mol. The van der Waals surface area contributed by atoms with Crippen molar-refractivity contribution < 1.29 is 4.79 Å². The Bertz CT molecular complexity index is 960. The van der Waals surface area contributed by atoms with Gasteiger partial charge in [0.1, 0.15) is 5.69 Å². The number of amides is 1. The third-order valence-electron chi connectivity index (χ3n) is 4.50. The molecule has 0 saturated carbocycles. The minimum absolute atomic E-state index is 0.0160. The zero-order valence-corrected chi connectivity index (χ0v) is 19.9. The molecule has 0 N–H and O–H groups in total. The molecule has 5 nitrogen and oxygen atoms in total. The summed E-state index contributed by atoms with van der Waals surface area (Å²) < 4.78 is 1.81. The molecule has 1 aliphatic heterocycles. The van der Waals surface area contributed by atoms with Crippen LogP contribution >= 0.6 is 0 Å². The third kappa shape index (κ3) is 4.96. The molecule has 0 aliphatic carbocycles. The van der Waals surface area contributed by atoms with Crippen molar-refractivity contribution in [2.24, 2.45) is 7.05 Å². The highest BCUT2D eigenvalue weighted by atomic mass is 16.2. The molecule has 30 heavy (non-hydrogen) atoms. The molecule has 2 heterocycles. The SMILES string of the molecule is CC.CC.CC.CC(=O)N1Cc2cc(C)ccc2-c2c(nnn2C)-c2ccccc21. The van der Waals surface area contributed by atoms with E-state index in [2.05, 4.69) is 35.4 Å². The number of carbonyl (C=O) groups is 1. The van der Waals surface area contributed by atoms with E-state index in [0.29, 0.717) is 6.54 Å². The summed E-state index contributed by atoms with van der Waals surface area (Å²) in [6.45, 7) is 16.2. The molecule has 5 heteroatoms. The lowest BCUT2D eigenvalue weighted by Crippen LogP contribution is -2.29. The minimum atomic E-state index is 0.0160. The molecular weight excluding hydrogens is 372 g/mol. The van der Waals surface area contributed by atoms with Gasteiger partial charge in [0.2, 0.25) is 5.91 Å². The van der Waals surface area contributed by atoms with Crippen LogP contribution in [0.25, 0.3) is 22.5 Å². The molecule has 1 aromatic heterocycles. The maximum atomic E-state index is 12.3. The Hall–Kier alpha value is -2.95. The van der Waals surface area contributed by atoms with E-state index < -0.39 is 0 Å². The number of hydrogen-bond donors (Lipinski definition) is 0. The molecule has 3 aromatic rings. The van der Waals surface area contributed by atoms with Crippen LogP contribution in [-0.2, 0) is 18.4 Å². The van der Waals surface area contributed by atoms with Crippen LogP contribution in [-0.4, -0.2) is 20.9 Å². The largest absolute Gasteiger partial charge is 0.308 e. The van der Waals surface area contributed by atoms with Crippen LogP contribution in [0.3, 0.4) is 0 Å². The van der Waals surface area contributed by atoms with Crippen LogP contribution in [0.1, 0.15) is 59.6 Å². The van der Waals surface area contributed by atoms with E-state index in [1.54, 1.807) is 6.92 Å². The number of rotatable bonds is 0. The van der Waals surface area contributed by atoms with Gasteiger partial charge in [-0.25, -0.2) is 4.68 Å². The van der Waals surface area contributed by atoms with Crippen LogP contribution in [0.4, 0.5) is 5.69 Å². The Labute approximate surface area is 181 Å². The summed E-state index contributed by atoms with van der Waals surface area (Å²) >= 11 is 0. The lowest BCUT2D eigenvalue weighted by molar-refractivity contribution is -0.116. The number of para-hydroxylation sites is 1. The van der Waals surface area contributed by atoms with Crippen LogP contribution in [0.2, 0.25) is 0 Å². The van der Waals surface area contributed by atoms with E-state index in [4.69, 9.17) is 0 Å². The normalized spacial score (nSPS) is 10.8. The van der Waals surface area contributed by atoms with E-state index in [1.807, 2.05) is 82.4 Å². The molecule has 0 unspecified atom stereocenters. The van der Waals surface area contributed by atoms with Crippen molar-refractivity contribution in [3.63, 3.8) is 0 Å². The van der Waals surface area contributed by atoms with Crippen molar-refractivity contribution >= 4 is 11.6 Å². The fraction of sp³-hybridized carbons (Fsp3) is 0.400. The quantitative estimate of drug-likeness (QED) is 0.432. The molecule has 4 rings (SSSR count). The molecule has 2 aromatic carbocycles. The van der Waals surface area contributed by atoms with Gasteiger partial charge in [-0.15, -0.1) is 5.10 Å². The minimum Gasteiger partial charge on any atom is -0.308 e. The fourth-order valence-corrected chi connectivity index (χ4v) is 3.37. The van der Waals surface area contributed by atoms with Gasteiger partial charge in [-0.1, -0.05) is 88.7 Å². The van der Waals surface area contributed by atoms with E-state index in [1.165, 1.54) is 5.56 Å². The molecule has 0 atom stereocenters. The highest BCUT2D eigenvalue weighted by Crippen LogP contribution is 2.40. The number of fused-ring (bicyclic) bond motifs is 5. The van der Waals surface area contributed by atoms with Crippen molar-refractivity contribution in [1.29, 1.82) is 0 Å². The monoisotopic (exact) mass is 408 g/mol. The van der Waals surface area contributed by atoms with Gasteiger partial charge in [0.15, 0.2) is 0 Å². The Morgan fingerprint density at radius 2 is 1.57 bits per heavy atom. The highest BCUT2D eigenvalue weighted by molar-refractivity contribution is 5.99. The molecule has 1 aliphatic rings. The Kier molecular flexibility index (Phi) is 9.96. The number of hydrogen-bond acceptors (Lipinski definition) is 3. The average Bonchev–Trinajstić information content (AvgIpc) is 3.16. The van der Waals surface area contributed by atoms with Crippen molar-refractivity contribution in [3.8, 4) is 22.5 Å². The first-order valence-electron chi connectivity index (χ1n) is 10.9. The van der Waals surface area contributed by atoms with E-state index >= 15 is 0 Å². The molecule has 162 valence electrons. The molecule has 0 spiro atoms. The zero-order valence-electron chi connectivity index (χ0n) is 19.9. The van der Waals surface area contributed by atoms with Gasteiger partial charge in [-0.2, -0.15) is 0 Å². The van der Waals surface area contributed by atoms with E-state index in [0.717, 1.165) is 33.8 Å². The summed E-state index contributed by atoms with van der Waals surface area (Å²) in [6, 6.07) is 14.2. The van der Waals surface area contributed by atoms with Gasteiger partial charge >= 0.3 is 0 Å². The van der Waals surface area contributed by atoms with Gasteiger partial charge in [-0.05, 0) is 18.6 Å². The standard InChI is InChI=1S/C19H18N4O.3C2H6/c1-12-8-9-15-14(10-12)11-23(13(2)24)17-7-5-4-6-16(17)18-19(15)22(3)21-20-18;3*1-2/h4-10H,11H2,1-3H3;3*1-2H3. The predicted octanol–water partition coefficient (Wildman–Crippen LogP) is 6.40. The second-order valence-corrected chi connectivity index (χ2v) is 6.19. The summed E-state index contributed by atoms with van der Waals surface area (Å²) in [7, 11) is 1.91. The smallest absolute Gasteiger partial charge is 0.224 e. The van der Waals surface area contributed by atoms with Gasteiger partial charge in [0.25, 0.3) is 0 Å². The van der Waals surface area contributed by atoms with Gasteiger partial charge in [-0.3, -0.25) is 4.79 Å². The van der Waals surface area contributed by atoms with Gasteiger partial charge in [0, 0.05) is 25.1 Å². The summed E-state index contributed by atoms with van der Waals surface area (Å²) in [6.07, 6.45) is 0. The topological polar surface area (TPSA) is 51.0 Å². The third-order valence-corrected chi connectivity index (χ3v) is 4.50. The number of nitrogens with zero attached hydrogens (tertiary/aromatic N) is 4. The number of benzene rings is 2. The Morgan fingerprint density at radius 3 is 2.20 bits per heavy atom. The molecule has 0 radical (unpaired) electrons. The second kappa shape index (κ2) is 11.9.